The number of urea groups is 2. The lowest BCUT2D eigenvalue weighted by Crippen LogP contribution is -2.82. The number of hydrogen-bond acceptors (Lipinski definition) is 4. The molecule has 4 aromatic rings. The molecule has 10 heteroatoms. The quantitative estimate of drug-likeness (QED) is 0.404. The van der Waals surface area contributed by atoms with E-state index >= 15 is 0 Å². The molecule has 0 radical (unpaired) electrons. The first kappa shape index (κ1) is 22.6. The number of rotatable bonds is 2. The van der Waals surface area contributed by atoms with Crippen LogP contribution in [0.4, 0.5) is 9.59 Å². The van der Waals surface area contributed by atoms with Gasteiger partial charge in [0.1, 0.15) is 11.1 Å². The maximum absolute atomic E-state index is 14.3. The Morgan fingerprint density at radius 3 is 1.32 bits per heavy atom. The van der Waals surface area contributed by atoms with Crippen LogP contribution in [0.15, 0.2) is 60.9 Å². The van der Waals surface area contributed by atoms with Crippen molar-refractivity contribution < 1.29 is 19.2 Å². The van der Waals surface area contributed by atoms with Crippen molar-refractivity contribution in [3.63, 3.8) is 0 Å². The van der Waals surface area contributed by atoms with Crippen molar-refractivity contribution in [1.82, 2.24) is 29.6 Å². The Kier molecular flexibility index (Phi) is 4.18. The van der Waals surface area contributed by atoms with E-state index in [2.05, 4.69) is 9.97 Å². The van der Waals surface area contributed by atoms with E-state index in [1.807, 2.05) is 48.5 Å². The number of likely N-dealkylation sites (N-methyl/N-ethyl adjacent to an activating group) is 4. The number of hydrogen-bond donors (Lipinski definition) is 2. The van der Waals surface area contributed by atoms with Crippen LogP contribution >= 0.6 is 0 Å². The molecule has 1 saturated carbocycles. The van der Waals surface area contributed by atoms with Gasteiger partial charge in [0, 0.05) is 62.4 Å². The smallest absolute Gasteiger partial charge is 0.327 e. The van der Waals surface area contributed by atoms with Crippen LogP contribution in [0.2, 0.25) is 0 Å². The molecule has 2 saturated heterocycles. The Bertz CT molecular complexity index is 1580. The van der Waals surface area contributed by atoms with E-state index in [9.17, 15) is 19.2 Å². The second kappa shape index (κ2) is 7.03. The number of fused-ring (bicyclic) bond motifs is 2. The molecule has 38 heavy (non-hydrogen) atoms. The van der Waals surface area contributed by atoms with Gasteiger partial charge in [0.25, 0.3) is 11.8 Å². The molecule has 2 spiro atoms. The molecule has 192 valence electrons. The summed E-state index contributed by atoms with van der Waals surface area (Å²) in [6.07, 6.45) is 3.61. The van der Waals surface area contributed by atoms with E-state index < -0.39 is 46.8 Å². The van der Waals surface area contributed by atoms with Crippen LogP contribution in [0.3, 0.4) is 0 Å². The summed E-state index contributed by atoms with van der Waals surface area (Å²) >= 11 is 0. The van der Waals surface area contributed by atoms with Crippen LogP contribution in [0, 0.1) is 0 Å². The lowest BCUT2D eigenvalue weighted by molar-refractivity contribution is -0.165. The number of benzene rings is 2. The molecule has 2 aromatic heterocycles. The third-order valence-electron chi connectivity index (χ3n) is 9.18. The summed E-state index contributed by atoms with van der Waals surface area (Å²) < 4.78 is 0. The summed E-state index contributed by atoms with van der Waals surface area (Å²) in [6.45, 7) is 0. The van der Waals surface area contributed by atoms with Gasteiger partial charge < -0.3 is 19.8 Å². The van der Waals surface area contributed by atoms with Crippen molar-refractivity contribution in [3.8, 4) is 0 Å². The number of imide groups is 2. The fourth-order valence-electron chi connectivity index (χ4n) is 7.55. The summed E-state index contributed by atoms with van der Waals surface area (Å²) in [5, 5.41) is 1.67. The molecule has 2 aromatic carbocycles. The number of amides is 6. The molecule has 0 bridgehead atoms. The highest BCUT2D eigenvalue weighted by molar-refractivity contribution is 6.17. The number of para-hydroxylation sites is 2. The van der Waals surface area contributed by atoms with Crippen molar-refractivity contribution in [3.05, 3.63) is 72.1 Å². The van der Waals surface area contributed by atoms with Crippen molar-refractivity contribution >= 4 is 45.7 Å². The Hall–Kier alpha value is -4.60. The van der Waals surface area contributed by atoms with Crippen LogP contribution in [-0.2, 0) is 9.59 Å². The summed E-state index contributed by atoms with van der Waals surface area (Å²) in [5.41, 5.74) is 0.202. The molecule has 4 heterocycles. The second-order valence-electron chi connectivity index (χ2n) is 10.5. The zero-order chi connectivity index (χ0) is 26.7. The Morgan fingerprint density at radius 1 is 0.605 bits per heavy atom. The zero-order valence-corrected chi connectivity index (χ0v) is 21.4. The van der Waals surface area contributed by atoms with Gasteiger partial charge in [-0.2, -0.15) is 0 Å². The number of aromatic nitrogens is 2. The number of nitrogens with one attached hydrogen (secondary N) is 2. The summed E-state index contributed by atoms with van der Waals surface area (Å²) in [7, 11) is 6.17. The largest absolute Gasteiger partial charge is 0.361 e. The fraction of sp³-hybridized carbons (Fsp3) is 0.286. The molecule has 3 aliphatic rings. The summed E-state index contributed by atoms with van der Waals surface area (Å²) in [5.74, 6) is -2.46. The first-order valence-corrected chi connectivity index (χ1v) is 12.4. The van der Waals surface area contributed by atoms with Gasteiger partial charge in [0.2, 0.25) is 0 Å². The molecular formula is C28H26N6O4. The number of aromatic amines is 2. The van der Waals surface area contributed by atoms with Gasteiger partial charge in [-0.1, -0.05) is 36.4 Å². The van der Waals surface area contributed by atoms with Gasteiger partial charge in [-0.05, 0) is 23.3 Å². The average molecular weight is 511 g/mol. The Balaban J connectivity index is 1.62. The molecule has 2 aliphatic heterocycles. The molecule has 0 unspecified atom stereocenters. The topological polar surface area (TPSA) is 113 Å². The second-order valence-corrected chi connectivity index (χ2v) is 10.5. The van der Waals surface area contributed by atoms with Crippen molar-refractivity contribution in [2.45, 2.75) is 22.9 Å². The van der Waals surface area contributed by atoms with Crippen molar-refractivity contribution in [2.75, 3.05) is 28.2 Å². The Morgan fingerprint density at radius 2 is 0.974 bits per heavy atom. The highest BCUT2D eigenvalue weighted by Gasteiger charge is 2.86. The number of carbonyl (C=O) groups is 4. The SMILES string of the molecule is CN1C(=O)N(C)C2(C1=O)C(c1c[nH]c3ccccc13)C1(C(=O)N(C)C(=O)N1C)C2c1c[nH]c2ccccc12. The first-order valence-electron chi connectivity index (χ1n) is 12.4. The van der Waals surface area contributed by atoms with Crippen LogP contribution in [0.1, 0.15) is 23.0 Å². The third kappa shape index (κ3) is 2.18. The van der Waals surface area contributed by atoms with E-state index in [1.165, 1.54) is 23.9 Å². The Labute approximate surface area is 217 Å². The number of carbonyl (C=O) groups excluding carboxylic acids is 4. The van der Waals surface area contributed by atoms with Crippen molar-refractivity contribution in [1.29, 1.82) is 0 Å². The fourth-order valence-corrected chi connectivity index (χ4v) is 7.55. The molecule has 10 nitrogen and oxygen atoms in total. The van der Waals surface area contributed by atoms with Gasteiger partial charge >= 0.3 is 12.1 Å². The van der Waals surface area contributed by atoms with Crippen molar-refractivity contribution in [2.24, 2.45) is 0 Å². The predicted molar refractivity (Wildman–Crippen MR) is 139 cm³/mol. The number of nitrogens with zero attached hydrogens (tertiary/aromatic N) is 4. The molecule has 1 aliphatic carbocycles. The van der Waals surface area contributed by atoms with Gasteiger partial charge in [0.05, 0.1) is 11.8 Å². The lowest BCUT2D eigenvalue weighted by atomic mass is 9.42. The maximum atomic E-state index is 14.3. The molecule has 3 fully saturated rings. The highest BCUT2D eigenvalue weighted by Crippen LogP contribution is 2.71. The van der Waals surface area contributed by atoms with E-state index in [0.29, 0.717) is 11.1 Å². The van der Waals surface area contributed by atoms with Gasteiger partial charge in [-0.3, -0.25) is 19.4 Å². The monoisotopic (exact) mass is 510 g/mol. The van der Waals surface area contributed by atoms with E-state index in [1.54, 1.807) is 26.5 Å². The summed E-state index contributed by atoms with van der Waals surface area (Å²) in [4.78, 5) is 67.3. The van der Waals surface area contributed by atoms with E-state index in [4.69, 9.17) is 0 Å². The minimum atomic E-state index is -1.45. The average Bonchev–Trinajstić information content (AvgIpc) is 3.62. The lowest BCUT2D eigenvalue weighted by Gasteiger charge is -2.66. The maximum Gasteiger partial charge on any atom is 0.327 e. The van der Waals surface area contributed by atoms with Crippen LogP contribution in [-0.4, -0.2) is 92.7 Å². The molecule has 6 amide bonds. The van der Waals surface area contributed by atoms with E-state index in [-0.39, 0.29) is 0 Å². The van der Waals surface area contributed by atoms with E-state index in [0.717, 1.165) is 31.6 Å². The molecule has 2 N–H and O–H groups in total. The zero-order valence-electron chi connectivity index (χ0n) is 21.4. The molecular weight excluding hydrogens is 484 g/mol. The highest BCUT2D eigenvalue weighted by atomic mass is 16.2. The van der Waals surface area contributed by atoms with Gasteiger partial charge in [0.15, 0.2) is 0 Å². The van der Waals surface area contributed by atoms with Gasteiger partial charge in [-0.25, -0.2) is 9.59 Å². The van der Waals surface area contributed by atoms with Crippen LogP contribution < -0.4 is 0 Å². The standard InChI is InChI=1S/C28H26N6O4/c1-31-23(35)27(33(3)25(31)37)21(17-13-29-19-11-7-5-9-15(17)19)28(24(36)32(2)26(38)34(28)4)22(27)18-14-30-20-12-8-6-10-16(18)20/h5-14,21-22,29-30H,1-4H3. The van der Waals surface area contributed by atoms with Crippen LogP contribution in [0.5, 0.6) is 0 Å². The minimum absolute atomic E-state index is 0.399. The minimum Gasteiger partial charge on any atom is -0.361 e. The number of H-pyrrole nitrogens is 2. The summed E-state index contributed by atoms with van der Waals surface area (Å²) in [6, 6.07) is 14.4. The van der Waals surface area contributed by atoms with Gasteiger partial charge in [-0.15, -0.1) is 0 Å². The molecule has 0 atom stereocenters. The predicted octanol–water partition coefficient (Wildman–Crippen LogP) is 3.06. The molecule has 7 rings (SSSR count). The normalized spacial score (nSPS) is 29.3. The first-order chi connectivity index (χ1) is 18.2. The third-order valence-corrected chi connectivity index (χ3v) is 9.18. The van der Waals surface area contributed by atoms with Crippen LogP contribution in [0.25, 0.3) is 21.8 Å².